The van der Waals surface area contributed by atoms with Crippen molar-refractivity contribution >= 4 is 15.9 Å². The quantitative estimate of drug-likeness (QED) is 0.733. The van der Waals surface area contributed by atoms with Crippen molar-refractivity contribution < 1.29 is 8.78 Å². The predicted molar refractivity (Wildman–Crippen MR) is 74.8 cm³/mol. The number of benzene rings is 1. The van der Waals surface area contributed by atoms with Crippen molar-refractivity contribution in [1.82, 2.24) is 5.32 Å². The Morgan fingerprint density at radius 3 is 2.61 bits per heavy atom. The highest BCUT2D eigenvalue weighted by Crippen LogP contribution is 2.23. The van der Waals surface area contributed by atoms with E-state index in [1.807, 2.05) is 7.05 Å². The molecule has 4 heteroatoms. The van der Waals surface area contributed by atoms with Gasteiger partial charge in [-0.25, -0.2) is 8.78 Å². The molecule has 1 rings (SSSR count). The van der Waals surface area contributed by atoms with Crippen molar-refractivity contribution in [2.24, 2.45) is 0 Å². The maximum absolute atomic E-state index is 13.7. The molecule has 0 aliphatic carbocycles. The van der Waals surface area contributed by atoms with E-state index in [0.29, 0.717) is 16.9 Å². The van der Waals surface area contributed by atoms with Crippen LogP contribution in [-0.4, -0.2) is 13.1 Å². The van der Waals surface area contributed by atoms with Gasteiger partial charge in [0.2, 0.25) is 0 Å². The van der Waals surface area contributed by atoms with E-state index in [1.165, 1.54) is 12.1 Å². The lowest BCUT2D eigenvalue weighted by molar-refractivity contribution is 0.462. The second kappa shape index (κ2) is 7.85. The Morgan fingerprint density at radius 2 is 2.00 bits per heavy atom. The smallest absolute Gasteiger partial charge is 0.143 e. The fourth-order valence-corrected chi connectivity index (χ4v) is 2.48. The molecule has 0 aromatic heterocycles. The molecule has 0 spiro atoms. The van der Waals surface area contributed by atoms with Crippen molar-refractivity contribution in [2.75, 3.05) is 7.05 Å². The molecule has 1 N–H and O–H groups in total. The highest BCUT2D eigenvalue weighted by Gasteiger charge is 2.13. The van der Waals surface area contributed by atoms with Crippen LogP contribution in [0.2, 0.25) is 0 Å². The molecule has 102 valence electrons. The van der Waals surface area contributed by atoms with Crippen LogP contribution in [0.3, 0.4) is 0 Å². The zero-order valence-corrected chi connectivity index (χ0v) is 12.5. The molecule has 0 aliphatic heterocycles. The third kappa shape index (κ3) is 4.32. The van der Waals surface area contributed by atoms with Gasteiger partial charge in [-0.3, -0.25) is 0 Å². The second-order valence-electron chi connectivity index (χ2n) is 4.49. The number of hydrogen-bond donors (Lipinski definition) is 1. The Balaban J connectivity index is 2.56. The molecule has 0 aliphatic rings. The van der Waals surface area contributed by atoms with Crippen LogP contribution in [0.5, 0.6) is 0 Å². The van der Waals surface area contributed by atoms with Gasteiger partial charge in [-0.05, 0) is 60.8 Å². The summed E-state index contributed by atoms with van der Waals surface area (Å²) >= 11 is 3.09. The first kappa shape index (κ1) is 15.6. The van der Waals surface area contributed by atoms with Crippen molar-refractivity contribution in [1.29, 1.82) is 0 Å². The van der Waals surface area contributed by atoms with Gasteiger partial charge in [-0.15, -0.1) is 0 Å². The van der Waals surface area contributed by atoms with Crippen molar-refractivity contribution in [3.05, 3.63) is 33.8 Å². The van der Waals surface area contributed by atoms with E-state index in [-0.39, 0.29) is 5.56 Å². The van der Waals surface area contributed by atoms with Gasteiger partial charge in [0, 0.05) is 11.6 Å². The number of rotatable bonds is 7. The molecule has 1 atom stereocenters. The van der Waals surface area contributed by atoms with E-state index in [0.717, 1.165) is 25.7 Å². The van der Waals surface area contributed by atoms with Gasteiger partial charge in [-0.1, -0.05) is 13.3 Å². The summed E-state index contributed by atoms with van der Waals surface area (Å²) in [5.41, 5.74) is 0.190. The van der Waals surface area contributed by atoms with Crippen LogP contribution in [0.4, 0.5) is 8.78 Å². The summed E-state index contributed by atoms with van der Waals surface area (Å²) in [5, 5.41) is 3.23. The lowest BCUT2D eigenvalue weighted by Gasteiger charge is -2.15. The number of halogens is 3. The maximum atomic E-state index is 13.7. The lowest BCUT2D eigenvalue weighted by Crippen LogP contribution is -2.24. The van der Waals surface area contributed by atoms with Crippen molar-refractivity contribution in [2.45, 2.75) is 45.1 Å². The first-order valence-electron chi connectivity index (χ1n) is 6.39. The van der Waals surface area contributed by atoms with Crippen LogP contribution in [0.1, 0.15) is 38.2 Å². The minimum Gasteiger partial charge on any atom is -0.317 e. The Morgan fingerprint density at radius 1 is 1.28 bits per heavy atom. The van der Waals surface area contributed by atoms with Gasteiger partial charge in [0.1, 0.15) is 11.6 Å². The van der Waals surface area contributed by atoms with Crippen molar-refractivity contribution in [3.63, 3.8) is 0 Å². The molecule has 0 fully saturated rings. The molecule has 0 radical (unpaired) electrons. The van der Waals surface area contributed by atoms with E-state index in [9.17, 15) is 8.78 Å². The predicted octanol–water partition coefficient (Wildman–Crippen LogP) is 4.44. The van der Waals surface area contributed by atoms with Gasteiger partial charge >= 0.3 is 0 Å². The molecular weight excluding hydrogens is 300 g/mol. The molecule has 1 nitrogen and oxygen atoms in total. The average molecular weight is 320 g/mol. The standard InChI is InChI=1S/C14H20BrF2N/c1-3-5-10(18-2)6-4-7-11-13(16)9-8-12(15)14(11)17/h8-10,18H,3-7H2,1-2H3. The summed E-state index contributed by atoms with van der Waals surface area (Å²) in [6.45, 7) is 2.14. The molecule has 1 aromatic rings. The molecule has 0 saturated carbocycles. The van der Waals surface area contributed by atoms with Gasteiger partial charge in [0.05, 0.1) is 4.47 Å². The monoisotopic (exact) mass is 319 g/mol. The zero-order chi connectivity index (χ0) is 13.5. The minimum atomic E-state index is -0.466. The van der Waals surface area contributed by atoms with Crippen LogP contribution in [0.15, 0.2) is 16.6 Å². The van der Waals surface area contributed by atoms with Gasteiger partial charge in [0.25, 0.3) is 0 Å². The third-order valence-electron chi connectivity index (χ3n) is 3.16. The zero-order valence-electron chi connectivity index (χ0n) is 10.9. The summed E-state index contributed by atoms with van der Waals surface area (Å²) in [4.78, 5) is 0. The van der Waals surface area contributed by atoms with Crippen molar-refractivity contribution in [3.8, 4) is 0 Å². The highest BCUT2D eigenvalue weighted by molar-refractivity contribution is 9.10. The first-order chi connectivity index (χ1) is 8.60. The fourth-order valence-electron chi connectivity index (χ4n) is 2.10. The summed E-state index contributed by atoms with van der Waals surface area (Å²) in [7, 11) is 1.93. The second-order valence-corrected chi connectivity index (χ2v) is 5.34. The third-order valence-corrected chi connectivity index (χ3v) is 3.78. The normalized spacial score (nSPS) is 12.7. The SMILES string of the molecule is CCCC(CCCc1c(F)ccc(Br)c1F)NC. The highest BCUT2D eigenvalue weighted by atomic mass is 79.9. The minimum absolute atomic E-state index is 0.190. The van der Waals surface area contributed by atoms with Crippen LogP contribution >= 0.6 is 15.9 Å². The number of nitrogens with one attached hydrogen (secondary N) is 1. The summed E-state index contributed by atoms with van der Waals surface area (Å²) in [5.74, 6) is -0.918. The fraction of sp³-hybridized carbons (Fsp3) is 0.571. The largest absolute Gasteiger partial charge is 0.317 e. The van der Waals surface area contributed by atoms with E-state index in [1.54, 1.807) is 0 Å². The molecule has 1 unspecified atom stereocenters. The van der Waals surface area contributed by atoms with Gasteiger partial charge in [-0.2, -0.15) is 0 Å². The van der Waals surface area contributed by atoms with Crippen LogP contribution in [0.25, 0.3) is 0 Å². The Labute approximate surface area is 116 Å². The first-order valence-corrected chi connectivity index (χ1v) is 7.19. The molecule has 0 amide bonds. The molecule has 0 bridgehead atoms. The molecule has 1 aromatic carbocycles. The topological polar surface area (TPSA) is 12.0 Å². The Bertz CT molecular complexity index is 382. The van der Waals surface area contributed by atoms with E-state index < -0.39 is 11.6 Å². The van der Waals surface area contributed by atoms with Crippen LogP contribution in [0, 0.1) is 11.6 Å². The van der Waals surface area contributed by atoms with Gasteiger partial charge < -0.3 is 5.32 Å². The average Bonchev–Trinajstić information content (AvgIpc) is 2.37. The van der Waals surface area contributed by atoms with E-state index >= 15 is 0 Å². The Kier molecular flexibility index (Phi) is 6.79. The molecule has 18 heavy (non-hydrogen) atoms. The Hall–Kier alpha value is -0.480. The number of hydrogen-bond acceptors (Lipinski definition) is 1. The summed E-state index contributed by atoms with van der Waals surface area (Å²) < 4.78 is 27.6. The lowest BCUT2D eigenvalue weighted by atomic mass is 10.0. The molecular formula is C14H20BrF2N. The maximum Gasteiger partial charge on any atom is 0.143 e. The van der Waals surface area contributed by atoms with E-state index in [2.05, 4.69) is 28.2 Å². The summed E-state index contributed by atoms with van der Waals surface area (Å²) in [6, 6.07) is 3.15. The van der Waals surface area contributed by atoms with E-state index in [4.69, 9.17) is 0 Å². The van der Waals surface area contributed by atoms with Crippen LogP contribution in [-0.2, 0) is 6.42 Å². The summed E-state index contributed by atoms with van der Waals surface area (Å²) in [6.07, 6.45) is 4.38. The molecule has 0 saturated heterocycles. The molecule has 0 heterocycles. The van der Waals surface area contributed by atoms with Gasteiger partial charge in [0.15, 0.2) is 0 Å². The van der Waals surface area contributed by atoms with Crippen LogP contribution < -0.4 is 5.32 Å².